The third-order valence-electron chi connectivity index (χ3n) is 4.81. The molecule has 2 rings (SSSR count). The number of hydrogen-bond donors (Lipinski definition) is 0. The fraction of sp³-hybridized carbons (Fsp3) is 0.600. The lowest BCUT2D eigenvalue weighted by molar-refractivity contribution is -0.145. The molecule has 1 heterocycles. The molecule has 1 aromatic carbocycles. The number of benzene rings is 1. The number of ether oxygens (including phenoxy) is 1. The van der Waals surface area contributed by atoms with E-state index in [0.717, 1.165) is 32.5 Å². The van der Waals surface area contributed by atoms with Crippen LogP contribution in [0.1, 0.15) is 43.0 Å². The van der Waals surface area contributed by atoms with E-state index in [4.69, 9.17) is 4.74 Å². The number of amides is 1. The van der Waals surface area contributed by atoms with Gasteiger partial charge < -0.3 is 14.5 Å². The molecule has 1 aliphatic rings. The molecule has 1 amide bonds. The highest BCUT2D eigenvalue weighted by molar-refractivity contribution is 5.94. The Morgan fingerprint density at radius 2 is 2.00 bits per heavy atom. The van der Waals surface area contributed by atoms with Gasteiger partial charge in [-0.05, 0) is 63.5 Å². The molecule has 0 spiro atoms. The van der Waals surface area contributed by atoms with Crippen molar-refractivity contribution < 1.29 is 18.7 Å². The Bertz CT molecular complexity index is 602. The van der Waals surface area contributed by atoms with Crippen LogP contribution in [0.25, 0.3) is 0 Å². The molecular weight excluding hydrogens is 335 g/mol. The minimum Gasteiger partial charge on any atom is -0.469 e. The van der Waals surface area contributed by atoms with E-state index < -0.39 is 11.7 Å². The van der Waals surface area contributed by atoms with Crippen molar-refractivity contribution in [1.82, 2.24) is 9.80 Å². The number of esters is 1. The van der Waals surface area contributed by atoms with Gasteiger partial charge in [0.1, 0.15) is 5.82 Å². The molecule has 1 fully saturated rings. The number of rotatable bonds is 9. The van der Waals surface area contributed by atoms with Gasteiger partial charge in [-0.15, -0.1) is 0 Å². The number of carbonyl (C=O) groups is 2. The van der Waals surface area contributed by atoms with Crippen LogP contribution in [0.4, 0.5) is 4.39 Å². The Morgan fingerprint density at radius 3 is 2.65 bits per heavy atom. The molecule has 26 heavy (non-hydrogen) atoms. The van der Waals surface area contributed by atoms with Gasteiger partial charge in [0, 0.05) is 18.7 Å². The van der Waals surface area contributed by atoms with E-state index in [1.807, 2.05) is 0 Å². The van der Waals surface area contributed by atoms with Crippen LogP contribution >= 0.6 is 0 Å². The van der Waals surface area contributed by atoms with E-state index in [9.17, 15) is 14.0 Å². The topological polar surface area (TPSA) is 49.9 Å². The lowest BCUT2D eigenvalue weighted by Gasteiger charge is -2.25. The normalized spacial score (nSPS) is 15.7. The van der Waals surface area contributed by atoms with Crippen molar-refractivity contribution in [1.29, 1.82) is 0 Å². The summed E-state index contributed by atoms with van der Waals surface area (Å²) in [6.45, 7) is 5.91. The molecule has 1 atom stereocenters. The summed E-state index contributed by atoms with van der Waals surface area (Å²) in [6.07, 6.45) is 4.38. The first-order valence-electron chi connectivity index (χ1n) is 9.36. The van der Waals surface area contributed by atoms with Crippen molar-refractivity contribution in [2.75, 3.05) is 39.8 Å². The molecule has 1 aromatic rings. The highest BCUT2D eigenvalue weighted by Crippen LogP contribution is 2.13. The Labute approximate surface area is 155 Å². The SMILES string of the molecule is COC(=O)C(C)CN(CCCCN1CCCC1)C(=O)c1cccc(F)c1. The molecule has 0 aromatic heterocycles. The number of hydrogen-bond acceptors (Lipinski definition) is 4. The van der Waals surface area contributed by atoms with Crippen LogP contribution < -0.4 is 0 Å². The highest BCUT2D eigenvalue weighted by Gasteiger charge is 2.22. The van der Waals surface area contributed by atoms with Crippen molar-refractivity contribution in [3.63, 3.8) is 0 Å². The van der Waals surface area contributed by atoms with Gasteiger partial charge in [-0.3, -0.25) is 9.59 Å². The summed E-state index contributed by atoms with van der Waals surface area (Å²) in [5.41, 5.74) is 0.307. The number of unbranched alkanes of at least 4 members (excludes halogenated alkanes) is 1. The second-order valence-electron chi connectivity index (χ2n) is 6.94. The molecule has 1 aliphatic heterocycles. The van der Waals surface area contributed by atoms with Crippen LogP contribution in [0.5, 0.6) is 0 Å². The monoisotopic (exact) mass is 364 g/mol. The summed E-state index contributed by atoms with van der Waals surface area (Å²) in [5.74, 6) is -1.46. The maximum Gasteiger partial charge on any atom is 0.310 e. The van der Waals surface area contributed by atoms with Crippen molar-refractivity contribution in [3.05, 3.63) is 35.6 Å². The maximum absolute atomic E-state index is 13.5. The summed E-state index contributed by atoms with van der Waals surface area (Å²) in [4.78, 5) is 28.6. The lowest BCUT2D eigenvalue weighted by Crippen LogP contribution is -2.38. The van der Waals surface area contributed by atoms with Crippen LogP contribution in [0.15, 0.2) is 24.3 Å². The van der Waals surface area contributed by atoms with Crippen molar-refractivity contribution >= 4 is 11.9 Å². The van der Waals surface area contributed by atoms with Gasteiger partial charge in [-0.1, -0.05) is 13.0 Å². The van der Waals surface area contributed by atoms with E-state index >= 15 is 0 Å². The molecule has 1 unspecified atom stereocenters. The second kappa shape index (κ2) is 10.3. The van der Waals surface area contributed by atoms with E-state index in [1.54, 1.807) is 17.9 Å². The third kappa shape index (κ3) is 6.09. The van der Waals surface area contributed by atoms with Gasteiger partial charge in [0.05, 0.1) is 13.0 Å². The Balaban J connectivity index is 1.95. The number of methoxy groups -OCH3 is 1. The molecule has 144 valence electrons. The average Bonchev–Trinajstić information content (AvgIpc) is 3.16. The molecule has 6 heteroatoms. The van der Waals surface area contributed by atoms with Crippen LogP contribution in [0.3, 0.4) is 0 Å². The molecule has 0 radical (unpaired) electrons. The van der Waals surface area contributed by atoms with E-state index in [-0.39, 0.29) is 18.4 Å². The fourth-order valence-corrected chi connectivity index (χ4v) is 3.33. The average molecular weight is 364 g/mol. The van der Waals surface area contributed by atoms with Crippen molar-refractivity contribution in [2.45, 2.75) is 32.6 Å². The van der Waals surface area contributed by atoms with Gasteiger partial charge in [0.25, 0.3) is 5.91 Å². The molecule has 0 N–H and O–H groups in total. The first-order chi connectivity index (χ1) is 12.5. The Hall–Kier alpha value is -1.95. The molecule has 0 saturated carbocycles. The largest absolute Gasteiger partial charge is 0.469 e. The van der Waals surface area contributed by atoms with E-state index in [2.05, 4.69) is 4.90 Å². The molecule has 0 bridgehead atoms. The second-order valence-corrected chi connectivity index (χ2v) is 6.94. The first-order valence-corrected chi connectivity index (χ1v) is 9.36. The van der Waals surface area contributed by atoms with Crippen LogP contribution in [0, 0.1) is 11.7 Å². The number of carbonyl (C=O) groups excluding carboxylic acids is 2. The van der Waals surface area contributed by atoms with Crippen LogP contribution in [-0.4, -0.2) is 61.5 Å². The zero-order valence-corrected chi connectivity index (χ0v) is 15.7. The minimum absolute atomic E-state index is 0.249. The zero-order valence-electron chi connectivity index (χ0n) is 15.7. The minimum atomic E-state index is -0.439. The van der Waals surface area contributed by atoms with Gasteiger partial charge >= 0.3 is 5.97 Å². The zero-order chi connectivity index (χ0) is 18.9. The van der Waals surface area contributed by atoms with E-state index in [1.165, 1.54) is 38.2 Å². The molecule has 0 aliphatic carbocycles. The Kier molecular flexibility index (Phi) is 8.04. The number of nitrogens with zero attached hydrogens (tertiary/aromatic N) is 2. The first kappa shape index (κ1) is 20.4. The summed E-state index contributed by atoms with van der Waals surface area (Å²) in [7, 11) is 1.34. The standard InChI is InChI=1S/C20H29FN2O3/c1-16(20(25)26-2)15-23(13-6-5-12-22-10-3-4-11-22)19(24)17-8-7-9-18(21)14-17/h7-9,14,16H,3-6,10-13,15H2,1-2H3. The summed E-state index contributed by atoms with van der Waals surface area (Å²) in [6, 6.07) is 5.68. The summed E-state index contributed by atoms with van der Waals surface area (Å²) >= 11 is 0. The summed E-state index contributed by atoms with van der Waals surface area (Å²) < 4.78 is 18.2. The van der Waals surface area contributed by atoms with Crippen LogP contribution in [0.2, 0.25) is 0 Å². The number of likely N-dealkylation sites (tertiary alicyclic amines) is 1. The third-order valence-corrected chi connectivity index (χ3v) is 4.81. The predicted molar refractivity (Wildman–Crippen MR) is 98.4 cm³/mol. The maximum atomic E-state index is 13.5. The van der Waals surface area contributed by atoms with Crippen molar-refractivity contribution in [2.24, 2.45) is 5.92 Å². The quantitative estimate of drug-likeness (QED) is 0.499. The van der Waals surface area contributed by atoms with Gasteiger partial charge in [-0.2, -0.15) is 0 Å². The predicted octanol–water partition coefficient (Wildman–Crippen LogP) is 2.95. The summed E-state index contributed by atoms with van der Waals surface area (Å²) in [5, 5.41) is 0. The molecule has 1 saturated heterocycles. The smallest absolute Gasteiger partial charge is 0.310 e. The van der Waals surface area contributed by atoms with Gasteiger partial charge in [-0.25, -0.2) is 4.39 Å². The highest BCUT2D eigenvalue weighted by atomic mass is 19.1. The fourth-order valence-electron chi connectivity index (χ4n) is 3.33. The van der Waals surface area contributed by atoms with Gasteiger partial charge in [0.15, 0.2) is 0 Å². The van der Waals surface area contributed by atoms with Gasteiger partial charge in [0.2, 0.25) is 0 Å². The van der Waals surface area contributed by atoms with Crippen LogP contribution in [-0.2, 0) is 9.53 Å². The number of halogens is 1. The molecular formula is C20H29FN2O3. The van der Waals surface area contributed by atoms with Crippen molar-refractivity contribution in [3.8, 4) is 0 Å². The Morgan fingerprint density at radius 1 is 1.27 bits per heavy atom. The van der Waals surface area contributed by atoms with E-state index in [0.29, 0.717) is 12.1 Å². The lowest BCUT2D eigenvalue weighted by atomic mass is 10.1. The molecule has 5 nitrogen and oxygen atoms in total.